The van der Waals surface area contributed by atoms with Gasteiger partial charge in [-0.25, -0.2) is 0 Å². The highest BCUT2D eigenvalue weighted by molar-refractivity contribution is 4.68. The van der Waals surface area contributed by atoms with E-state index < -0.39 is 0 Å². The third-order valence-corrected chi connectivity index (χ3v) is 3.30. The lowest BCUT2D eigenvalue weighted by Crippen LogP contribution is -2.36. The second-order valence-corrected chi connectivity index (χ2v) is 4.83. The van der Waals surface area contributed by atoms with E-state index in [0.29, 0.717) is 12.1 Å². The molecule has 0 aromatic carbocycles. The largest absolute Gasteiger partial charge is 0.381 e. The molecule has 0 spiro atoms. The molecule has 0 aromatic rings. The van der Waals surface area contributed by atoms with E-state index in [-0.39, 0.29) is 0 Å². The number of ether oxygens (including phenoxy) is 2. The van der Waals surface area contributed by atoms with Crippen molar-refractivity contribution in [2.45, 2.75) is 64.0 Å². The average Bonchev–Trinajstić information content (AvgIpc) is 2.85. The maximum atomic E-state index is 5.61. The molecule has 1 fully saturated rings. The molecule has 1 rings (SSSR count). The van der Waals surface area contributed by atoms with Crippen LogP contribution >= 0.6 is 0 Å². The summed E-state index contributed by atoms with van der Waals surface area (Å²) in [4.78, 5) is 0. The first-order valence-corrected chi connectivity index (χ1v) is 7.02. The van der Waals surface area contributed by atoms with Gasteiger partial charge in [0, 0.05) is 25.9 Å². The Morgan fingerprint density at radius 3 is 2.94 bits per heavy atom. The molecule has 4 nitrogen and oxygen atoms in total. The van der Waals surface area contributed by atoms with Crippen LogP contribution in [0.1, 0.15) is 51.9 Å². The van der Waals surface area contributed by atoms with Gasteiger partial charge in [0.2, 0.25) is 0 Å². The van der Waals surface area contributed by atoms with Crippen LogP contribution < -0.4 is 11.3 Å². The molecule has 0 amide bonds. The zero-order valence-corrected chi connectivity index (χ0v) is 11.1. The summed E-state index contributed by atoms with van der Waals surface area (Å²) in [5.41, 5.74) is 2.88. The van der Waals surface area contributed by atoms with Crippen LogP contribution in [0.4, 0.5) is 0 Å². The molecule has 2 atom stereocenters. The average molecular weight is 244 g/mol. The summed E-state index contributed by atoms with van der Waals surface area (Å²) in [6, 6.07) is 0.383. The Hall–Kier alpha value is -0.160. The Morgan fingerprint density at radius 2 is 2.29 bits per heavy atom. The Balaban J connectivity index is 1.97. The Bertz CT molecular complexity index is 173. The van der Waals surface area contributed by atoms with Gasteiger partial charge in [0.05, 0.1) is 6.10 Å². The minimum atomic E-state index is 0.383. The first-order valence-electron chi connectivity index (χ1n) is 7.02. The molecule has 1 heterocycles. The Labute approximate surface area is 105 Å². The van der Waals surface area contributed by atoms with Crippen molar-refractivity contribution in [3.05, 3.63) is 0 Å². The minimum Gasteiger partial charge on any atom is -0.381 e. The molecule has 1 saturated heterocycles. The summed E-state index contributed by atoms with van der Waals surface area (Å²) < 4.78 is 11.1. The number of hydrogen-bond acceptors (Lipinski definition) is 4. The number of nitrogens with two attached hydrogens (primary N) is 1. The fraction of sp³-hybridized carbons (Fsp3) is 1.00. The van der Waals surface area contributed by atoms with Crippen LogP contribution in [-0.4, -0.2) is 32.0 Å². The molecule has 102 valence electrons. The molecule has 1 aliphatic heterocycles. The zero-order valence-electron chi connectivity index (χ0n) is 11.1. The molecule has 0 aliphatic carbocycles. The number of hydrazine groups is 1. The molecular formula is C13H28N2O2. The van der Waals surface area contributed by atoms with Crippen molar-refractivity contribution in [1.82, 2.24) is 5.43 Å². The maximum absolute atomic E-state index is 5.61. The molecule has 1 aliphatic rings. The quantitative estimate of drug-likeness (QED) is 0.350. The number of rotatable bonds is 10. The van der Waals surface area contributed by atoms with E-state index in [1.165, 1.54) is 25.7 Å². The van der Waals surface area contributed by atoms with Gasteiger partial charge in [0.1, 0.15) is 0 Å². The first kappa shape index (κ1) is 14.9. The van der Waals surface area contributed by atoms with Gasteiger partial charge in [-0.3, -0.25) is 11.3 Å². The van der Waals surface area contributed by atoms with E-state index in [1.807, 2.05) is 0 Å². The number of nitrogens with one attached hydrogen (secondary N) is 1. The van der Waals surface area contributed by atoms with Crippen molar-refractivity contribution in [2.24, 2.45) is 5.84 Å². The molecule has 3 N–H and O–H groups in total. The summed E-state index contributed by atoms with van der Waals surface area (Å²) in [5.74, 6) is 5.54. The number of hydrogen-bond donors (Lipinski definition) is 2. The van der Waals surface area contributed by atoms with Gasteiger partial charge in [-0.1, -0.05) is 6.92 Å². The van der Waals surface area contributed by atoms with Crippen molar-refractivity contribution >= 4 is 0 Å². The van der Waals surface area contributed by atoms with Gasteiger partial charge in [0.15, 0.2) is 0 Å². The van der Waals surface area contributed by atoms with Crippen molar-refractivity contribution in [3.63, 3.8) is 0 Å². The van der Waals surface area contributed by atoms with Gasteiger partial charge in [-0.05, 0) is 44.9 Å². The molecule has 2 unspecified atom stereocenters. The summed E-state index contributed by atoms with van der Waals surface area (Å²) in [5, 5.41) is 0. The minimum absolute atomic E-state index is 0.383. The van der Waals surface area contributed by atoms with Crippen LogP contribution in [0.5, 0.6) is 0 Å². The van der Waals surface area contributed by atoms with Gasteiger partial charge in [-0.2, -0.15) is 0 Å². The molecule has 0 bridgehead atoms. The van der Waals surface area contributed by atoms with Crippen molar-refractivity contribution < 1.29 is 9.47 Å². The predicted octanol–water partition coefficient (Wildman–Crippen LogP) is 1.98. The highest BCUT2D eigenvalue weighted by atomic mass is 16.5. The molecule has 4 heteroatoms. The predicted molar refractivity (Wildman–Crippen MR) is 69.7 cm³/mol. The lowest BCUT2D eigenvalue weighted by Gasteiger charge is -2.16. The van der Waals surface area contributed by atoms with E-state index in [4.69, 9.17) is 15.3 Å². The van der Waals surface area contributed by atoms with Crippen LogP contribution in [0, 0.1) is 0 Å². The molecule has 0 aromatic heterocycles. The Morgan fingerprint density at radius 1 is 1.41 bits per heavy atom. The second-order valence-electron chi connectivity index (χ2n) is 4.83. The summed E-state index contributed by atoms with van der Waals surface area (Å²) in [6.07, 6.45) is 8.54. The molecule has 0 saturated carbocycles. The first-order chi connectivity index (χ1) is 8.36. The van der Waals surface area contributed by atoms with Gasteiger partial charge in [0.25, 0.3) is 0 Å². The fourth-order valence-electron chi connectivity index (χ4n) is 2.25. The van der Waals surface area contributed by atoms with Crippen LogP contribution in [0.2, 0.25) is 0 Å². The van der Waals surface area contributed by atoms with Gasteiger partial charge >= 0.3 is 0 Å². The van der Waals surface area contributed by atoms with Crippen molar-refractivity contribution in [2.75, 3.05) is 19.8 Å². The summed E-state index contributed by atoms with van der Waals surface area (Å²) >= 11 is 0. The van der Waals surface area contributed by atoms with E-state index in [9.17, 15) is 0 Å². The molecule has 0 radical (unpaired) electrons. The zero-order chi connectivity index (χ0) is 12.3. The van der Waals surface area contributed by atoms with E-state index in [1.54, 1.807) is 0 Å². The molecular weight excluding hydrogens is 216 g/mol. The maximum Gasteiger partial charge on any atom is 0.0576 e. The fourth-order valence-corrected chi connectivity index (χ4v) is 2.25. The lowest BCUT2D eigenvalue weighted by molar-refractivity contribution is 0.0991. The van der Waals surface area contributed by atoms with Crippen LogP contribution in [0.3, 0.4) is 0 Å². The topological polar surface area (TPSA) is 56.5 Å². The standard InChI is InChI=1S/C13H28N2O2/c1-2-9-16-11-8-12(15-14)5-3-6-13-7-4-10-17-13/h12-13,15H,2-11,14H2,1H3. The van der Waals surface area contributed by atoms with E-state index in [2.05, 4.69) is 12.3 Å². The monoisotopic (exact) mass is 244 g/mol. The van der Waals surface area contributed by atoms with Crippen LogP contribution in [0.15, 0.2) is 0 Å². The SMILES string of the molecule is CCCOCCC(CCCC1CCCO1)NN. The smallest absolute Gasteiger partial charge is 0.0576 e. The normalized spacial score (nSPS) is 21.9. The van der Waals surface area contributed by atoms with Gasteiger partial charge in [-0.15, -0.1) is 0 Å². The Kier molecular flexibility index (Phi) is 8.61. The highest BCUT2D eigenvalue weighted by Gasteiger charge is 2.15. The van der Waals surface area contributed by atoms with Crippen LogP contribution in [-0.2, 0) is 9.47 Å². The third kappa shape index (κ3) is 6.99. The lowest BCUT2D eigenvalue weighted by atomic mass is 10.0. The second kappa shape index (κ2) is 9.83. The van der Waals surface area contributed by atoms with E-state index >= 15 is 0 Å². The highest BCUT2D eigenvalue weighted by Crippen LogP contribution is 2.18. The summed E-state index contributed by atoms with van der Waals surface area (Å²) in [6.45, 7) is 4.74. The van der Waals surface area contributed by atoms with Crippen molar-refractivity contribution in [3.8, 4) is 0 Å². The van der Waals surface area contributed by atoms with Crippen molar-refractivity contribution in [1.29, 1.82) is 0 Å². The van der Waals surface area contributed by atoms with Gasteiger partial charge < -0.3 is 9.47 Å². The summed E-state index contributed by atoms with van der Waals surface area (Å²) in [7, 11) is 0. The third-order valence-electron chi connectivity index (χ3n) is 3.30. The van der Waals surface area contributed by atoms with E-state index in [0.717, 1.165) is 39.1 Å². The van der Waals surface area contributed by atoms with Crippen LogP contribution in [0.25, 0.3) is 0 Å². The molecule has 17 heavy (non-hydrogen) atoms.